The second-order valence-corrected chi connectivity index (χ2v) is 21.2. The summed E-state index contributed by atoms with van der Waals surface area (Å²) in [4.78, 5) is 25.0. The van der Waals surface area contributed by atoms with Crippen molar-refractivity contribution in [3.05, 3.63) is 0 Å². The fourth-order valence-electron chi connectivity index (χ4n) is 12.6. The number of fused-ring (bicyclic) bond motifs is 4. The molecule has 298 valence electrons. The van der Waals surface area contributed by atoms with E-state index in [0.717, 1.165) is 64.2 Å². The molecule has 8 heterocycles. The predicted octanol–water partition coefficient (Wildman–Crippen LogP) is 6.85. The van der Waals surface area contributed by atoms with E-state index in [1.54, 1.807) is 0 Å². The third-order valence-electron chi connectivity index (χ3n) is 15.6. The molecule has 0 aromatic rings. The normalized spacial score (nSPS) is 51.6. The second-order valence-electron chi connectivity index (χ2n) is 19.0. The van der Waals surface area contributed by atoms with E-state index < -0.39 is 45.2 Å². The van der Waals surface area contributed by atoms with Gasteiger partial charge in [-0.05, 0) is 119 Å². The highest BCUT2D eigenvalue weighted by atomic mass is 32.2. The van der Waals surface area contributed by atoms with Gasteiger partial charge >= 0.3 is 0 Å². The summed E-state index contributed by atoms with van der Waals surface area (Å²) in [5.74, 6) is 0.455. The molecule has 8 saturated heterocycles. The maximum atomic E-state index is 13.9. The molecule has 12 heteroatoms. The van der Waals surface area contributed by atoms with E-state index in [1.807, 2.05) is 13.8 Å². The largest absolute Gasteiger partial charge is 0.396 e. The first-order valence-electron chi connectivity index (χ1n) is 20.9. The van der Waals surface area contributed by atoms with Gasteiger partial charge in [-0.3, -0.25) is 0 Å². The Morgan fingerprint density at radius 1 is 0.635 bits per heavy atom. The summed E-state index contributed by atoms with van der Waals surface area (Å²) in [5, 5.41) is 9.22. The molecule has 10 fully saturated rings. The van der Waals surface area contributed by atoms with Crippen molar-refractivity contribution < 1.29 is 52.0 Å². The van der Waals surface area contributed by atoms with Crippen LogP contribution in [0.2, 0.25) is 0 Å². The van der Waals surface area contributed by atoms with E-state index in [2.05, 4.69) is 27.7 Å². The second kappa shape index (κ2) is 14.2. The van der Waals surface area contributed by atoms with Gasteiger partial charge in [-0.15, -0.1) is 0 Å². The van der Waals surface area contributed by atoms with Gasteiger partial charge in [0.05, 0.1) is 23.7 Å². The quantitative estimate of drug-likeness (QED) is 0.166. The highest BCUT2D eigenvalue weighted by Gasteiger charge is 2.71. The number of hydrogen-bond acceptors (Lipinski definition) is 11. The smallest absolute Gasteiger partial charge is 0.201 e. The van der Waals surface area contributed by atoms with Crippen LogP contribution in [0.25, 0.3) is 0 Å². The molecule has 2 spiro atoms. The topological polar surface area (TPSA) is 128 Å². The lowest BCUT2D eigenvalue weighted by molar-refractivity contribution is -0.571. The fraction of sp³-hybridized carbons (Fsp3) is 1.00. The summed E-state index contributed by atoms with van der Waals surface area (Å²) < 4.78 is 55.3. The number of aliphatic hydroxyl groups is 1. The number of sulfone groups is 1. The van der Waals surface area contributed by atoms with Crippen LogP contribution < -0.4 is 0 Å². The maximum absolute atomic E-state index is 13.9. The number of hydrogen-bond donors (Lipinski definition) is 1. The Bertz CT molecular complexity index is 1320. The summed E-state index contributed by atoms with van der Waals surface area (Å²) >= 11 is 0. The molecule has 0 unspecified atom stereocenters. The zero-order chi connectivity index (χ0) is 36.7. The predicted molar refractivity (Wildman–Crippen MR) is 191 cm³/mol. The molecule has 16 atom stereocenters. The lowest BCUT2D eigenvalue weighted by Gasteiger charge is -2.61. The third-order valence-corrected chi connectivity index (χ3v) is 17.5. The van der Waals surface area contributed by atoms with E-state index in [0.29, 0.717) is 37.5 Å². The van der Waals surface area contributed by atoms with Gasteiger partial charge in [0.15, 0.2) is 33.6 Å². The van der Waals surface area contributed by atoms with Crippen molar-refractivity contribution in [3.8, 4) is 0 Å². The summed E-state index contributed by atoms with van der Waals surface area (Å²) in [7, 11) is -3.38. The molecule has 0 amide bonds. The minimum atomic E-state index is -3.38. The average Bonchev–Trinajstić information content (AvgIpc) is 3.47. The lowest BCUT2D eigenvalue weighted by Crippen LogP contribution is -2.70. The van der Waals surface area contributed by atoms with Crippen LogP contribution in [0, 0.1) is 53.3 Å². The molecule has 0 radical (unpaired) electrons. The highest BCUT2D eigenvalue weighted by Crippen LogP contribution is 2.63. The molecule has 0 aromatic heterocycles. The van der Waals surface area contributed by atoms with Gasteiger partial charge < -0.3 is 24.1 Å². The van der Waals surface area contributed by atoms with Crippen LogP contribution in [-0.4, -0.2) is 79.2 Å². The third kappa shape index (κ3) is 6.46. The van der Waals surface area contributed by atoms with Crippen molar-refractivity contribution in [2.75, 3.05) is 18.1 Å². The molecule has 52 heavy (non-hydrogen) atoms. The standard InChI is InChI=1S/C40H66O11S/c1-24-11-13-31-26(3)33(44-35-39(31)29(24)15-17-37(5,46-35)48-50-39)21-28(23-52(42,43)20-10-8-7-9-19-41)22-34-27(4)32-14-12-25(2)30-16-18-38(6)47-36(45-34)40(30,32)51-49-38/h24-36,41H,7-23H2,1-6H3/t24-,25-,26-,27-,29+,30+,31+,32+,33-,34-,35-,36-,37-,38-,39-,40-/m1/s1. The summed E-state index contributed by atoms with van der Waals surface area (Å²) in [6.45, 7) is 13.2. The van der Waals surface area contributed by atoms with Crippen LogP contribution >= 0.6 is 0 Å². The zero-order valence-corrected chi connectivity index (χ0v) is 33.3. The van der Waals surface area contributed by atoms with Crippen LogP contribution in [0.3, 0.4) is 0 Å². The zero-order valence-electron chi connectivity index (χ0n) is 32.5. The van der Waals surface area contributed by atoms with Crippen molar-refractivity contribution >= 4 is 9.84 Å². The Morgan fingerprint density at radius 2 is 1.12 bits per heavy atom. The van der Waals surface area contributed by atoms with Crippen LogP contribution in [0.4, 0.5) is 0 Å². The molecule has 1 N–H and O–H groups in total. The van der Waals surface area contributed by atoms with Crippen LogP contribution in [0.15, 0.2) is 0 Å². The Hall–Kier alpha value is -0.410. The van der Waals surface area contributed by atoms with E-state index in [-0.39, 0.29) is 71.7 Å². The molecule has 2 aliphatic carbocycles. The van der Waals surface area contributed by atoms with Crippen LogP contribution in [0.5, 0.6) is 0 Å². The summed E-state index contributed by atoms with van der Waals surface area (Å²) in [5.41, 5.74) is -1.31. The first kappa shape index (κ1) is 38.5. The summed E-state index contributed by atoms with van der Waals surface area (Å²) in [6.07, 6.45) is 10.3. The van der Waals surface area contributed by atoms with Crippen molar-refractivity contribution in [2.45, 2.75) is 179 Å². The SMILES string of the molecule is C[C@H]1[C@@H](CC(C[C@H]2O[C@@H]3O[C@@]4(C)CC[C@H]5[C@H](C)CC[C@@H]([C@H]2C)[C@@]35OO4)CS(=O)(=O)CCCCCCO)O[C@@H]2O[C@@]3(C)CC[C@H]4[C@H](C)CC[C@@H]1[C@@]24OO3. The van der Waals surface area contributed by atoms with Crippen molar-refractivity contribution in [2.24, 2.45) is 53.3 Å². The Labute approximate surface area is 311 Å². The molecule has 0 aromatic carbocycles. The van der Waals surface area contributed by atoms with E-state index in [4.69, 9.17) is 38.5 Å². The Balaban J connectivity index is 1.06. The molecule has 8 aliphatic heterocycles. The van der Waals surface area contributed by atoms with Crippen molar-refractivity contribution in [1.29, 1.82) is 0 Å². The van der Waals surface area contributed by atoms with E-state index >= 15 is 0 Å². The highest BCUT2D eigenvalue weighted by molar-refractivity contribution is 7.91. The van der Waals surface area contributed by atoms with E-state index in [9.17, 15) is 13.5 Å². The Kier molecular flexibility index (Phi) is 10.5. The lowest BCUT2D eigenvalue weighted by atomic mass is 9.56. The fourth-order valence-corrected chi connectivity index (χ4v) is 14.4. The minimum absolute atomic E-state index is 0.0861. The van der Waals surface area contributed by atoms with Gasteiger partial charge in [-0.2, -0.15) is 0 Å². The molecule has 10 aliphatic rings. The van der Waals surface area contributed by atoms with Gasteiger partial charge in [-0.1, -0.05) is 40.5 Å². The van der Waals surface area contributed by atoms with Gasteiger partial charge in [0.25, 0.3) is 0 Å². The number of aliphatic hydroxyl groups excluding tert-OH is 1. The molecule has 10 rings (SSSR count). The minimum Gasteiger partial charge on any atom is -0.396 e. The molecule has 2 saturated carbocycles. The van der Waals surface area contributed by atoms with E-state index in [1.165, 1.54) is 0 Å². The maximum Gasteiger partial charge on any atom is 0.201 e. The van der Waals surface area contributed by atoms with Crippen molar-refractivity contribution in [3.63, 3.8) is 0 Å². The molecule has 4 bridgehead atoms. The van der Waals surface area contributed by atoms with Gasteiger partial charge in [-0.25, -0.2) is 28.0 Å². The van der Waals surface area contributed by atoms with Gasteiger partial charge in [0, 0.05) is 31.3 Å². The molecule has 11 nitrogen and oxygen atoms in total. The van der Waals surface area contributed by atoms with Crippen LogP contribution in [0.1, 0.15) is 131 Å². The average molecular weight is 755 g/mol. The molecular formula is C40H66O11S. The van der Waals surface area contributed by atoms with Crippen molar-refractivity contribution in [1.82, 2.24) is 0 Å². The van der Waals surface area contributed by atoms with Crippen LogP contribution in [-0.2, 0) is 48.3 Å². The monoisotopic (exact) mass is 754 g/mol. The Morgan fingerprint density at radius 3 is 1.60 bits per heavy atom. The summed E-state index contributed by atoms with van der Waals surface area (Å²) in [6, 6.07) is 0. The van der Waals surface area contributed by atoms with Gasteiger partial charge in [0.2, 0.25) is 11.6 Å². The molecular weight excluding hydrogens is 688 g/mol. The first-order chi connectivity index (χ1) is 24.7. The first-order valence-corrected chi connectivity index (χ1v) is 22.8. The number of unbranched alkanes of at least 4 members (excludes halogenated alkanes) is 3. The number of ether oxygens (including phenoxy) is 4. The number of rotatable bonds is 12. The van der Waals surface area contributed by atoms with Gasteiger partial charge in [0.1, 0.15) is 0 Å².